The minimum Gasteiger partial charge on any atom is -0.496 e. The highest BCUT2D eigenvalue weighted by Crippen LogP contribution is 2.20. The number of imidazole rings is 1. The predicted octanol–water partition coefficient (Wildman–Crippen LogP) is 4.61. The van der Waals surface area contributed by atoms with Crippen LogP contribution in [0.3, 0.4) is 0 Å². The number of aromatic amines is 1. The van der Waals surface area contributed by atoms with Crippen LogP contribution in [0, 0.1) is 0 Å². The van der Waals surface area contributed by atoms with Gasteiger partial charge in [0.15, 0.2) is 0 Å². The van der Waals surface area contributed by atoms with Gasteiger partial charge in [0, 0.05) is 12.1 Å². The highest BCUT2D eigenvalue weighted by molar-refractivity contribution is 6.06. The number of amides is 1. The van der Waals surface area contributed by atoms with E-state index in [1.54, 1.807) is 19.2 Å². The van der Waals surface area contributed by atoms with Gasteiger partial charge in [-0.2, -0.15) is 0 Å². The molecule has 28 heavy (non-hydrogen) atoms. The van der Waals surface area contributed by atoms with Gasteiger partial charge in [0.1, 0.15) is 11.6 Å². The number of anilines is 1. The SMILES string of the molecule is COc1ccccc1C(=O)Nc1ccc(CCc2nc3ccccc3[nH]2)cc1. The molecule has 5 heteroatoms. The van der Waals surface area contributed by atoms with E-state index in [4.69, 9.17) is 4.74 Å². The Bertz CT molecular complexity index is 1070. The molecule has 4 rings (SSSR count). The van der Waals surface area contributed by atoms with Crippen molar-refractivity contribution >= 4 is 22.6 Å². The number of aryl methyl sites for hydroxylation is 2. The molecule has 0 saturated carbocycles. The number of aromatic nitrogens is 2. The largest absolute Gasteiger partial charge is 0.496 e. The van der Waals surface area contributed by atoms with Gasteiger partial charge >= 0.3 is 0 Å². The van der Waals surface area contributed by atoms with Crippen LogP contribution in [0.15, 0.2) is 72.8 Å². The van der Waals surface area contributed by atoms with Crippen LogP contribution in [0.4, 0.5) is 5.69 Å². The summed E-state index contributed by atoms with van der Waals surface area (Å²) in [4.78, 5) is 20.4. The summed E-state index contributed by atoms with van der Waals surface area (Å²) in [6, 6.07) is 23.1. The van der Waals surface area contributed by atoms with Gasteiger partial charge < -0.3 is 15.0 Å². The molecule has 0 bridgehead atoms. The van der Waals surface area contributed by atoms with Crippen molar-refractivity contribution in [3.8, 4) is 5.75 Å². The van der Waals surface area contributed by atoms with Crippen LogP contribution in [0.2, 0.25) is 0 Å². The van der Waals surface area contributed by atoms with E-state index in [-0.39, 0.29) is 5.91 Å². The number of ether oxygens (including phenoxy) is 1. The third-order valence-corrected chi connectivity index (χ3v) is 4.65. The zero-order valence-corrected chi connectivity index (χ0v) is 15.6. The Morgan fingerprint density at radius 2 is 1.71 bits per heavy atom. The fraction of sp³-hybridized carbons (Fsp3) is 0.130. The van der Waals surface area contributed by atoms with Crippen molar-refractivity contribution in [3.05, 3.63) is 89.7 Å². The number of nitrogens with one attached hydrogen (secondary N) is 2. The molecular weight excluding hydrogens is 350 g/mol. The Morgan fingerprint density at radius 3 is 2.50 bits per heavy atom. The quantitative estimate of drug-likeness (QED) is 0.520. The third kappa shape index (κ3) is 3.88. The van der Waals surface area contributed by atoms with Gasteiger partial charge in [0.2, 0.25) is 0 Å². The first-order valence-corrected chi connectivity index (χ1v) is 9.20. The number of benzene rings is 3. The summed E-state index contributed by atoms with van der Waals surface area (Å²) in [6.07, 6.45) is 1.71. The number of carbonyl (C=O) groups excluding carboxylic acids is 1. The molecule has 0 unspecified atom stereocenters. The summed E-state index contributed by atoms with van der Waals surface area (Å²) >= 11 is 0. The molecule has 0 spiro atoms. The third-order valence-electron chi connectivity index (χ3n) is 4.65. The van der Waals surface area contributed by atoms with Crippen LogP contribution in [0.1, 0.15) is 21.7 Å². The van der Waals surface area contributed by atoms with Gasteiger partial charge in [0.05, 0.1) is 23.7 Å². The van der Waals surface area contributed by atoms with Crippen molar-refractivity contribution < 1.29 is 9.53 Å². The summed E-state index contributed by atoms with van der Waals surface area (Å²) in [5.41, 5.74) is 4.51. The summed E-state index contributed by atoms with van der Waals surface area (Å²) in [5, 5.41) is 2.91. The molecule has 0 fully saturated rings. The highest BCUT2D eigenvalue weighted by Gasteiger charge is 2.11. The minimum atomic E-state index is -0.188. The molecule has 1 aromatic heterocycles. The lowest BCUT2D eigenvalue weighted by Gasteiger charge is -2.09. The standard InChI is InChI=1S/C23H21N3O2/c1-28-21-9-5-2-6-18(21)23(27)24-17-13-10-16(11-14-17)12-15-22-25-19-7-3-4-8-20(19)26-22/h2-11,13-14H,12,15H2,1H3,(H,24,27)(H,25,26). The molecule has 3 aromatic carbocycles. The summed E-state index contributed by atoms with van der Waals surface area (Å²) < 4.78 is 5.25. The molecule has 0 radical (unpaired) electrons. The van der Waals surface area contributed by atoms with Crippen LogP contribution in [-0.4, -0.2) is 23.0 Å². The number of nitrogens with zero attached hydrogens (tertiary/aromatic N) is 1. The van der Waals surface area contributed by atoms with Gasteiger partial charge in [-0.25, -0.2) is 4.98 Å². The van der Waals surface area contributed by atoms with E-state index in [1.165, 1.54) is 5.56 Å². The van der Waals surface area contributed by atoms with E-state index in [0.29, 0.717) is 11.3 Å². The smallest absolute Gasteiger partial charge is 0.259 e. The van der Waals surface area contributed by atoms with Gasteiger partial charge in [-0.15, -0.1) is 0 Å². The molecule has 1 amide bonds. The maximum atomic E-state index is 12.5. The molecule has 2 N–H and O–H groups in total. The molecule has 0 atom stereocenters. The number of H-pyrrole nitrogens is 1. The predicted molar refractivity (Wildman–Crippen MR) is 111 cm³/mol. The maximum absolute atomic E-state index is 12.5. The van der Waals surface area contributed by atoms with Crippen molar-refractivity contribution in [2.45, 2.75) is 12.8 Å². The average molecular weight is 371 g/mol. The number of rotatable bonds is 6. The number of fused-ring (bicyclic) bond motifs is 1. The molecule has 4 aromatic rings. The van der Waals surface area contributed by atoms with E-state index < -0.39 is 0 Å². The molecule has 0 aliphatic carbocycles. The minimum absolute atomic E-state index is 0.188. The fourth-order valence-corrected chi connectivity index (χ4v) is 3.17. The normalized spacial score (nSPS) is 10.8. The van der Waals surface area contributed by atoms with Gasteiger partial charge in [-0.3, -0.25) is 4.79 Å². The van der Waals surface area contributed by atoms with Crippen LogP contribution in [-0.2, 0) is 12.8 Å². The summed E-state index contributed by atoms with van der Waals surface area (Å²) in [6.45, 7) is 0. The molecular formula is C23H21N3O2. The Labute approximate surface area is 163 Å². The first-order valence-electron chi connectivity index (χ1n) is 9.20. The average Bonchev–Trinajstić information content (AvgIpc) is 3.16. The second kappa shape index (κ2) is 7.96. The summed E-state index contributed by atoms with van der Waals surface area (Å²) in [7, 11) is 1.56. The Hall–Kier alpha value is -3.60. The van der Waals surface area contributed by atoms with Crippen LogP contribution < -0.4 is 10.1 Å². The molecule has 0 aliphatic rings. The molecule has 0 saturated heterocycles. The summed E-state index contributed by atoms with van der Waals surface area (Å²) in [5.74, 6) is 1.35. The van der Waals surface area contributed by atoms with E-state index in [2.05, 4.69) is 15.3 Å². The Morgan fingerprint density at radius 1 is 0.964 bits per heavy atom. The second-order valence-electron chi connectivity index (χ2n) is 6.55. The molecule has 140 valence electrons. The van der Waals surface area contributed by atoms with Crippen molar-refractivity contribution in [2.75, 3.05) is 12.4 Å². The lowest BCUT2D eigenvalue weighted by atomic mass is 10.1. The number of carbonyl (C=O) groups is 1. The molecule has 1 heterocycles. The van der Waals surface area contributed by atoms with E-state index in [0.717, 1.165) is 35.4 Å². The fourth-order valence-electron chi connectivity index (χ4n) is 3.17. The van der Waals surface area contributed by atoms with Crippen LogP contribution in [0.25, 0.3) is 11.0 Å². The zero-order valence-electron chi connectivity index (χ0n) is 15.6. The first kappa shape index (κ1) is 17.8. The lowest BCUT2D eigenvalue weighted by Crippen LogP contribution is -2.13. The highest BCUT2D eigenvalue weighted by atomic mass is 16.5. The van der Waals surface area contributed by atoms with Gasteiger partial charge in [0.25, 0.3) is 5.91 Å². The monoisotopic (exact) mass is 371 g/mol. The van der Waals surface area contributed by atoms with E-state index in [9.17, 15) is 4.79 Å². The van der Waals surface area contributed by atoms with Crippen molar-refractivity contribution in [1.29, 1.82) is 0 Å². The van der Waals surface area contributed by atoms with Gasteiger partial charge in [-0.05, 0) is 48.4 Å². The lowest BCUT2D eigenvalue weighted by molar-refractivity contribution is 0.102. The van der Waals surface area contributed by atoms with E-state index >= 15 is 0 Å². The zero-order chi connectivity index (χ0) is 19.3. The molecule has 5 nitrogen and oxygen atoms in total. The molecule has 0 aliphatic heterocycles. The van der Waals surface area contributed by atoms with Crippen molar-refractivity contribution in [3.63, 3.8) is 0 Å². The van der Waals surface area contributed by atoms with Crippen LogP contribution >= 0.6 is 0 Å². The topological polar surface area (TPSA) is 67.0 Å². The van der Waals surface area contributed by atoms with E-state index in [1.807, 2.05) is 60.7 Å². The Balaban J connectivity index is 1.39. The van der Waals surface area contributed by atoms with Crippen molar-refractivity contribution in [1.82, 2.24) is 9.97 Å². The number of hydrogen-bond acceptors (Lipinski definition) is 3. The second-order valence-corrected chi connectivity index (χ2v) is 6.55. The number of para-hydroxylation sites is 3. The van der Waals surface area contributed by atoms with Gasteiger partial charge in [-0.1, -0.05) is 36.4 Å². The maximum Gasteiger partial charge on any atom is 0.259 e. The number of hydrogen-bond donors (Lipinski definition) is 2. The Kier molecular flexibility index (Phi) is 5.06. The van der Waals surface area contributed by atoms with Crippen LogP contribution in [0.5, 0.6) is 5.75 Å². The van der Waals surface area contributed by atoms with Crippen molar-refractivity contribution in [2.24, 2.45) is 0 Å². The number of methoxy groups -OCH3 is 1. The first-order chi connectivity index (χ1) is 13.7.